The molecule has 0 bridgehead atoms. The standard InChI is InChI=1S/C17H20N4O3/c22-15(13-4-2-1-3-5-13)10-14-11-24-9-8-21(14)17(23)7-6-16-18-12-19-20-16/h1-5,12,14H,6-11H2,(H,18,19,20)/t14-/m1/s1. The van der Waals surface area contributed by atoms with Crippen molar-refractivity contribution in [1.29, 1.82) is 0 Å². The van der Waals surface area contributed by atoms with Crippen LogP contribution < -0.4 is 0 Å². The van der Waals surface area contributed by atoms with Gasteiger partial charge in [-0.25, -0.2) is 4.98 Å². The van der Waals surface area contributed by atoms with E-state index in [1.807, 2.05) is 18.2 Å². The number of rotatable bonds is 6. The number of aromatic amines is 1. The second kappa shape index (κ2) is 7.83. The maximum atomic E-state index is 12.5. The van der Waals surface area contributed by atoms with Crippen LogP contribution in [0.25, 0.3) is 0 Å². The highest BCUT2D eigenvalue weighted by atomic mass is 16.5. The average Bonchev–Trinajstić information content (AvgIpc) is 3.14. The zero-order valence-corrected chi connectivity index (χ0v) is 13.4. The van der Waals surface area contributed by atoms with Gasteiger partial charge in [-0.2, -0.15) is 5.10 Å². The minimum absolute atomic E-state index is 0.0144. The number of carbonyl (C=O) groups is 2. The van der Waals surface area contributed by atoms with Gasteiger partial charge in [0.15, 0.2) is 5.78 Å². The minimum atomic E-state index is -0.214. The number of nitrogens with zero attached hydrogens (tertiary/aromatic N) is 3. The largest absolute Gasteiger partial charge is 0.377 e. The Morgan fingerprint density at radius 2 is 2.12 bits per heavy atom. The number of Topliss-reactive ketones (excluding diaryl/α,β-unsaturated/α-hetero) is 1. The topological polar surface area (TPSA) is 88.2 Å². The Hall–Kier alpha value is -2.54. The van der Waals surface area contributed by atoms with Crippen LogP contribution in [-0.4, -0.2) is 57.6 Å². The van der Waals surface area contributed by atoms with Gasteiger partial charge in [-0.1, -0.05) is 30.3 Å². The molecule has 0 spiro atoms. The minimum Gasteiger partial charge on any atom is -0.377 e. The van der Waals surface area contributed by atoms with Crippen molar-refractivity contribution < 1.29 is 14.3 Å². The fourth-order valence-corrected chi connectivity index (χ4v) is 2.83. The quantitative estimate of drug-likeness (QED) is 0.806. The van der Waals surface area contributed by atoms with Crippen LogP contribution in [0.5, 0.6) is 0 Å². The van der Waals surface area contributed by atoms with Crippen molar-refractivity contribution in [3.05, 3.63) is 48.0 Å². The van der Waals surface area contributed by atoms with Crippen molar-refractivity contribution in [3.63, 3.8) is 0 Å². The molecule has 1 N–H and O–H groups in total. The predicted octanol–water partition coefficient (Wildman–Crippen LogP) is 1.24. The van der Waals surface area contributed by atoms with Gasteiger partial charge in [0.05, 0.1) is 19.3 Å². The third kappa shape index (κ3) is 4.05. The fourth-order valence-electron chi connectivity index (χ4n) is 2.83. The van der Waals surface area contributed by atoms with Crippen molar-refractivity contribution in [2.45, 2.75) is 25.3 Å². The molecule has 1 atom stereocenters. The van der Waals surface area contributed by atoms with Gasteiger partial charge in [0.2, 0.25) is 5.91 Å². The molecule has 0 aliphatic carbocycles. The number of hydrogen-bond donors (Lipinski definition) is 1. The molecule has 0 unspecified atom stereocenters. The molecule has 2 aromatic rings. The van der Waals surface area contributed by atoms with Crippen LogP contribution in [0, 0.1) is 0 Å². The second-order valence-electron chi connectivity index (χ2n) is 5.74. The lowest BCUT2D eigenvalue weighted by molar-refractivity contribution is -0.139. The first kappa shape index (κ1) is 16.3. The first-order chi connectivity index (χ1) is 11.7. The number of H-pyrrole nitrogens is 1. The van der Waals surface area contributed by atoms with Crippen LogP contribution >= 0.6 is 0 Å². The molecule has 1 aliphatic rings. The summed E-state index contributed by atoms with van der Waals surface area (Å²) in [7, 11) is 0. The van der Waals surface area contributed by atoms with Crippen LogP contribution in [0.3, 0.4) is 0 Å². The van der Waals surface area contributed by atoms with Gasteiger partial charge >= 0.3 is 0 Å². The number of aryl methyl sites for hydroxylation is 1. The van der Waals surface area contributed by atoms with Crippen LogP contribution in [0.2, 0.25) is 0 Å². The van der Waals surface area contributed by atoms with Crippen LogP contribution in [0.15, 0.2) is 36.7 Å². The monoisotopic (exact) mass is 328 g/mol. The molecular weight excluding hydrogens is 308 g/mol. The molecule has 7 heteroatoms. The van der Waals surface area contributed by atoms with E-state index in [2.05, 4.69) is 15.2 Å². The molecule has 1 aromatic carbocycles. The molecule has 0 radical (unpaired) electrons. The van der Waals surface area contributed by atoms with Crippen molar-refractivity contribution >= 4 is 11.7 Å². The van der Waals surface area contributed by atoms with Gasteiger partial charge in [-0.3, -0.25) is 14.7 Å². The molecule has 1 aromatic heterocycles. The van der Waals surface area contributed by atoms with Crippen molar-refractivity contribution in [2.24, 2.45) is 0 Å². The SMILES string of the molecule is O=C(C[C@@H]1COCCN1C(=O)CCc1ncn[nH]1)c1ccccc1. The Bertz CT molecular complexity index is 672. The Balaban J connectivity index is 1.60. The number of nitrogens with one attached hydrogen (secondary N) is 1. The van der Waals surface area contributed by atoms with Gasteiger partial charge in [0.25, 0.3) is 0 Å². The zero-order chi connectivity index (χ0) is 16.8. The summed E-state index contributed by atoms with van der Waals surface area (Å²) in [5, 5.41) is 6.52. The Kier molecular flexibility index (Phi) is 5.32. The third-order valence-corrected chi connectivity index (χ3v) is 4.11. The molecule has 0 saturated carbocycles. The summed E-state index contributed by atoms with van der Waals surface area (Å²) in [5.74, 6) is 0.730. The number of benzene rings is 1. The molecule has 1 fully saturated rings. The fraction of sp³-hybridized carbons (Fsp3) is 0.412. The number of morpholine rings is 1. The summed E-state index contributed by atoms with van der Waals surface area (Å²) in [6, 6.07) is 8.92. The summed E-state index contributed by atoms with van der Waals surface area (Å²) >= 11 is 0. The van der Waals surface area contributed by atoms with Crippen LogP contribution in [0.4, 0.5) is 0 Å². The van der Waals surface area contributed by atoms with Crippen molar-refractivity contribution in [3.8, 4) is 0 Å². The van der Waals surface area contributed by atoms with Crippen molar-refractivity contribution in [1.82, 2.24) is 20.1 Å². The molecule has 2 heterocycles. The Labute approximate surface area is 140 Å². The summed E-state index contributed by atoms with van der Waals surface area (Å²) in [4.78, 5) is 30.7. The van der Waals surface area contributed by atoms with E-state index in [-0.39, 0.29) is 24.2 Å². The number of ether oxygens (including phenoxy) is 1. The highest BCUT2D eigenvalue weighted by molar-refractivity contribution is 5.96. The van der Waals surface area contributed by atoms with Crippen LogP contribution in [0.1, 0.15) is 29.0 Å². The van der Waals surface area contributed by atoms with Gasteiger partial charge in [-0.15, -0.1) is 0 Å². The molecular formula is C17H20N4O3. The van der Waals surface area contributed by atoms with Gasteiger partial charge in [0.1, 0.15) is 12.2 Å². The normalized spacial score (nSPS) is 17.7. The zero-order valence-electron chi connectivity index (χ0n) is 13.4. The predicted molar refractivity (Wildman–Crippen MR) is 86.4 cm³/mol. The van der Waals surface area contributed by atoms with E-state index >= 15 is 0 Å². The lowest BCUT2D eigenvalue weighted by Gasteiger charge is -2.35. The summed E-state index contributed by atoms with van der Waals surface area (Å²) in [6.07, 6.45) is 2.55. The van der Waals surface area contributed by atoms with Crippen LogP contribution in [-0.2, 0) is 16.0 Å². The molecule has 1 amide bonds. The Morgan fingerprint density at radius 3 is 2.88 bits per heavy atom. The van der Waals surface area contributed by atoms with E-state index < -0.39 is 0 Å². The summed E-state index contributed by atoms with van der Waals surface area (Å²) < 4.78 is 5.48. The molecule has 7 nitrogen and oxygen atoms in total. The highest BCUT2D eigenvalue weighted by Crippen LogP contribution is 2.16. The van der Waals surface area contributed by atoms with Gasteiger partial charge in [-0.05, 0) is 0 Å². The average molecular weight is 328 g/mol. The second-order valence-corrected chi connectivity index (χ2v) is 5.74. The van der Waals surface area contributed by atoms with Crippen molar-refractivity contribution in [2.75, 3.05) is 19.8 Å². The lowest BCUT2D eigenvalue weighted by atomic mass is 10.0. The number of ketones is 1. The molecule has 1 saturated heterocycles. The first-order valence-electron chi connectivity index (χ1n) is 8.04. The number of carbonyl (C=O) groups excluding carboxylic acids is 2. The van der Waals surface area contributed by atoms with E-state index in [0.29, 0.717) is 44.0 Å². The summed E-state index contributed by atoms with van der Waals surface area (Å²) in [6.45, 7) is 1.42. The highest BCUT2D eigenvalue weighted by Gasteiger charge is 2.29. The third-order valence-electron chi connectivity index (χ3n) is 4.11. The van der Waals surface area contributed by atoms with Gasteiger partial charge in [0, 0.05) is 31.4 Å². The number of aromatic nitrogens is 3. The van der Waals surface area contributed by atoms with E-state index in [0.717, 1.165) is 0 Å². The number of hydrogen-bond acceptors (Lipinski definition) is 5. The van der Waals surface area contributed by atoms with Gasteiger partial charge < -0.3 is 9.64 Å². The molecule has 3 rings (SSSR count). The van der Waals surface area contributed by atoms with E-state index in [1.165, 1.54) is 6.33 Å². The molecule has 126 valence electrons. The molecule has 24 heavy (non-hydrogen) atoms. The number of amides is 1. The van der Waals surface area contributed by atoms with E-state index in [1.54, 1.807) is 17.0 Å². The molecule has 1 aliphatic heterocycles. The maximum Gasteiger partial charge on any atom is 0.223 e. The lowest BCUT2D eigenvalue weighted by Crippen LogP contribution is -2.49. The smallest absolute Gasteiger partial charge is 0.223 e. The maximum absolute atomic E-state index is 12.5. The summed E-state index contributed by atoms with van der Waals surface area (Å²) in [5.41, 5.74) is 0.664. The van der Waals surface area contributed by atoms with E-state index in [4.69, 9.17) is 4.74 Å². The first-order valence-corrected chi connectivity index (χ1v) is 8.04. The Morgan fingerprint density at radius 1 is 1.29 bits per heavy atom. The van der Waals surface area contributed by atoms with E-state index in [9.17, 15) is 9.59 Å².